The highest BCUT2D eigenvalue weighted by molar-refractivity contribution is 9.10. The van der Waals surface area contributed by atoms with Crippen LogP contribution >= 0.6 is 15.9 Å². The van der Waals surface area contributed by atoms with Crippen LogP contribution in [0.3, 0.4) is 0 Å². The van der Waals surface area contributed by atoms with Crippen LogP contribution in [-0.2, 0) is 19.5 Å². The van der Waals surface area contributed by atoms with Gasteiger partial charge in [0.25, 0.3) is 0 Å². The van der Waals surface area contributed by atoms with Crippen molar-refractivity contribution in [2.24, 2.45) is 0 Å². The summed E-state index contributed by atoms with van der Waals surface area (Å²) >= 11 is 2.96. The Morgan fingerprint density at radius 3 is 2.32 bits per heavy atom. The Labute approximate surface area is 134 Å². The molecule has 1 aromatic carbocycles. The smallest absolute Gasteiger partial charge is 0.428 e. The molecule has 1 aromatic rings. The van der Waals surface area contributed by atoms with Crippen molar-refractivity contribution < 1.29 is 31.9 Å². The molecule has 0 atom stereocenters. The summed E-state index contributed by atoms with van der Waals surface area (Å²) in [6.07, 6.45) is -1.39. The van der Waals surface area contributed by atoms with Gasteiger partial charge < -0.3 is 9.47 Å². The molecule has 2 amide bonds. The van der Waals surface area contributed by atoms with E-state index in [1.807, 2.05) is 0 Å². The Balaban J connectivity index is 3.47. The molecule has 0 unspecified atom stereocenters. The topological polar surface area (TPSA) is 102 Å². The van der Waals surface area contributed by atoms with E-state index in [2.05, 4.69) is 30.7 Å². The van der Waals surface area contributed by atoms with Crippen molar-refractivity contribution in [1.29, 1.82) is 0 Å². The van der Waals surface area contributed by atoms with Crippen molar-refractivity contribution in [3.05, 3.63) is 22.4 Å². The highest BCUT2D eigenvalue weighted by Gasteiger charge is 2.29. The first-order chi connectivity index (χ1) is 10.1. The second-order valence-electron chi connectivity index (χ2n) is 3.90. The lowest BCUT2D eigenvalue weighted by Gasteiger charge is -2.21. The van der Waals surface area contributed by atoms with Gasteiger partial charge in [-0.05, 0) is 28.1 Å². The summed E-state index contributed by atoms with van der Waals surface area (Å²) in [5.74, 6) is -0.862. The molecule has 0 aliphatic rings. The van der Waals surface area contributed by atoms with Gasteiger partial charge in [-0.1, -0.05) is 0 Å². The number of ether oxygens (including phenoxy) is 2. The van der Waals surface area contributed by atoms with Crippen LogP contribution in [0.4, 0.5) is 25.4 Å². The minimum atomic E-state index is -4.05. The fourth-order valence-corrected chi connectivity index (χ4v) is 2.91. The first-order valence-electron chi connectivity index (χ1n) is 5.54. The number of hydrogen-bond donors (Lipinski definition) is 1. The molecule has 1 N–H and O–H groups in total. The average molecular weight is 399 g/mol. The van der Waals surface area contributed by atoms with E-state index >= 15 is 0 Å². The van der Waals surface area contributed by atoms with Gasteiger partial charge in [-0.15, -0.1) is 0 Å². The average Bonchev–Trinajstić information content (AvgIpc) is 2.41. The zero-order valence-corrected chi connectivity index (χ0v) is 14.1. The van der Waals surface area contributed by atoms with Crippen molar-refractivity contribution >= 4 is 49.5 Å². The molecule has 0 fully saturated rings. The molecule has 0 aliphatic heterocycles. The van der Waals surface area contributed by atoms with Crippen LogP contribution in [0.5, 0.6) is 0 Å². The lowest BCUT2D eigenvalue weighted by Crippen LogP contribution is -2.36. The van der Waals surface area contributed by atoms with E-state index in [1.165, 1.54) is 0 Å². The third kappa shape index (κ3) is 4.07. The molecule has 0 spiro atoms. The molecule has 0 radical (unpaired) electrons. The van der Waals surface area contributed by atoms with Crippen molar-refractivity contribution in [3.8, 4) is 0 Å². The fraction of sp³-hybridized carbons (Fsp3) is 0.273. The van der Waals surface area contributed by atoms with Crippen LogP contribution in [0.1, 0.15) is 0 Å². The number of halogens is 2. The highest BCUT2D eigenvalue weighted by atomic mass is 79.9. The number of carbonyl (C=O) groups is 2. The number of benzene rings is 1. The van der Waals surface area contributed by atoms with Crippen LogP contribution in [0.15, 0.2) is 16.6 Å². The molecule has 0 bridgehead atoms. The number of carbonyl (C=O) groups excluding carboxylic acids is 2. The Bertz CT molecular complexity index is 709. The maximum absolute atomic E-state index is 13.8. The van der Waals surface area contributed by atoms with Gasteiger partial charge in [0.15, 0.2) is 0 Å². The predicted molar refractivity (Wildman–Crippen MR) is 79.9 cm³/mol. The monoisotopic (exact) mass is 398 g/mol. The predicted octanol–water partition coefficient (Wildman–Crippen LogP) is 2.30. The van der Waals surface area contributed by atoms with E-state index in [0.29, 0.717) is 4.31 Å². The highest BCUT2D eigenvalue weighted by Crippen LogP contribution is 2.33. The Morgan fingerprint density at radius 2 is 1.86 bits per heavy atom. The first kappa shape index (κ1) is 18.2. The molecule has 0 saturated carbocycles. The molecule has 11 heteroatoms. The SMILES string of the molecule is COC(=O)Nc1cc(N(C(=O)OC)S(C)(=O)=O)c(Br)cc1F. The van der Waals surface area contributed by atoms with E-state index < -0.39 is 28.0 Å². The molecule has 8 nitrogen and oxygen atoms in total. The lowest BCUT2D eigenvalue weighted by molar-refractivity contribution is 0.183. The number of nitrogens with one attached hydrogen (secondary N) is 1. The maximum Gasteiger partial charge on any atom is 0.428 e. The molecule has 1 rings (SSSR count). The third-order valence-corrected chi connectivity index (χ3v) is 3.99. The Hall–Kier alpha value is -1.88. The van der Waals surface area contributed by atoms with Crippen LogP contribution in [0.25, 0.3) is 0 Å². The molecule has 0 aromatic heterocycles. The molecule has 122 valence electrons. The van der Waals surface area contributed by atoms with Gasteiger partial charge >= 0.3 is 12.2 Å². The van der Waals surface area contributed by atoms with Crippen LogP contribution in [0, 0.1) is 5.82 Å². The third-order valence-electron chi connectivity index (χ3n) is 2.35. The van der Waals surface area contributed by atoms with Crippen molar-refractivity contribution in [2.75, 3.05) is 30.1 Å². The van der Waals surface area contributed by atoms with E-state index in [4.69, 9.17) is 0 Å². The van der Waals surface area contributed by atoms with Crippen molar-refractivity contribution in [1.82, 2.24) is 0 Å². The van der Waals surface area contributed by atoms with Crippen molar-refractivity contribution in [2.45, 2.75) is 0 Å². The lowest BCUT2D eigenvalue weighted by atomic mass is 10.2. The molecular weight excluding hydrogens is 387 g/mol. The van der Waals surface area contributed by atoms with Gasteiger partial charge in [-0.3, -0.25) is 5.32 Å². The minimum Gasteiger partial charge on any atom is -0.453 e. The normalized spacial score (nSPS) is 10.8. The summed E-state index contributed by atoms with van der Waals surface area (Å²) in [5, 5.41) is 2.06. The van der Waals surface area contributed by atoms with Gasteiger partial charge in [0.2, 0.25) is 10.0 Å². The van der Waals surface area contributed by atoms with E-state index in [0.717, 1.165) is 32.6 Å². The maximum atomic E-state index is 13.8. The van der Waals surface area contributed by atoms with Crippen LogP contribution in [-0.4, -0.2) is 41.1 Å². The summed E-state index contributed by atoms with van der Waals surface area (Å²) < 4.78 is 46.3. The van der Waals surface area contributed by atoms with Crippen molar-refractivity contribution in [3.63, 3.8) is 0 Å². The summed E-state index contributed by atoms with van der Waals surface area (Å²) in [6, 6.07) is 1.84. The number of amides is 2. The largest absolute Gasteiger partial charge is 0.453 e. The van der Waals surface area contributed by atoms with Gasteiger partial charge in [-0.25, -0.2) is 22.4 Å². The molecule has 22 heavy (non-hydrogen) atoms. The van der Waals surface area contributed by atoms with Gasteiger partial charge in [-0.2, -0.15) is 4.31 Å². The molecular formula is C11H12BrFN2O6S. The number of anilines is 2. The standard InChI is InChI=1S/C11H12BrFN2O6S/c1-20-10(16)14-8-5-9(6(12)4-7(8)13)15(11(17)21-2)22(3,18)19/h4-5H,1-3H3,(H,14,16). The first-order valence-corrected chi connectivity index (χ1v) is 8.18. The summed E-state index contributed by atoms with van der Waals surface area (Å²) in [6.45, 7) is 0. The quantitative estimate of drug-likeness (QED) is 0.837. The van der Waals surface area contributed by atoms with E-state index in [9.17, 15) is 22.4 Å². The molecule has 0 aliphatic carbocycles. The summed E-state index contributed by atoms with van der Waals surface area (Å²) in [5.41, 5.74) is -0.607. The van der Waals surface area contributed by atoms with Gasteiger partial charge in [0.1, 0.15) is 5.82 Å². The fourth-order valence-electron chi connectivity index (χ4n) is 1.45. The number of nitrogens with zero attached hydrogens (tertiary/aromatic N) is 1. The van der Waals surface area contributed by atoms with E-state index in [-0.39, 0.29) is 15.8 Å². The number of methoxy groups -OCH3 is 2. The number of sulfonamides is 1. The zero-order chi connectivity index (χ0) is 17.1. The summed E-state index contributed by atoms with van der Waals surface area (Å²) in [4.78, 5) is 22.8. The molecule has 0 heterocycles. The second-order valence-corrected chi connectivity index (χ2v) is 6.58. The number of rotatable bonds is 3. The minimum absolute atomic E-state index is 0.0313. The summed E-state index contributed by atoms with van der Waals surface area (Å²) in [7, 11) is -1.99. The Kier molecular flexibility index (Phi) is 5.72. The molecule has 0 saturated heterocycles. The van der Waals surface area contributed by atoms with Gasteiger partial charge in [0.05, 0.1) is 31.9 Å². The van der Waals surface area contributed by atoms with Crippen LogP contribution in [0.2, 0.25) is 0 Å². The second kappa shape index (κ2) is 6.92. The van der Waals surface area contributed by atoms with Gasteiger partial charge in [0, 0.05) is 4.47 Å². The zero-order valence-electron chi connectivity index (χ0n) is 11.7. The van der Waals surface area contributed by atoms with E-state index in [1.54, 1.807) is 0 Å². The Morgan fingerprint density at radius 1 is 1.27 bits per heavy atom. The van der Waals surface area contributed by atoms with Crippen LogP contribution < -0.4 is 9.62 Å². The number of hydrogen-bond acceptors (Lipinski definition) is 6.